The lowest BCUT2D eigenvalue weighted by Crippen LogP contribution is -2.32. The first kappa shape index (κ1) is 18.6. The van der Waals surface area contributed by atoms with Crippen LogP contribution in [0.4, 0.5) is 0 Å². The van der Waals surface area contributed by atoms with Crippen LogP contribution in [0.15, 0.2) is 53.4 Å². The zero-order valence-corrected chi connectivity index (χ0v) is 15.6. The number of sulfonamides is 1. The summed E-state index contributed by atoms with van der Waals surface area (Å²) in [7, 11) is -2.49. The average molecular weight is 374 g/mol. The van der Waals surface area contributed by atoms with Crippen molar-refractivity contribution in [3.8, 4) is 0 Å². The van der Waals surface area contributed by atoms with E-state index in [2.05, 4.69) is 0 Å². The van der Waals surface area contributed by atoms with E-state index in [4.69, 9.17) is 10.5 Å². The number of nitrogens with two attached hydrogens (primary N) is 1. The molecule has 3 rings (SSSR count). The Kier molecular flexibility index (Phi) is 5.13. The van der Waals surface area contributed by atoms with Crippen LogP contribution in [0.25, 0.3) is 0 Å². The number of carbonyl (C=O) groups excluding carboxylic acids is 1. The van der Waals surface area contributed by atoms with Crippen LogP contribution < -0.4 is 5.73 Å². The van der Waals surface area contributed by atoms with Gasteiger partial charge in [-0.25, -0.2) is 13.2 Å². The maximum atomic E-state index is 13.2. The molecule has 1 aliphatic heterocycles. The molecule has 0 bridgehead atoms. The van der Waals surface area contributed by atoms with E-state index < -0.39 is 16.0 Å². The number of rotatable bonds is 4. The Morgan fingerprint density at radius 1 is 1.12 bits per heavy atom. The van der Waals surface area contributed by atoms with E-state index >= 15 is 0 Å². The molecule has 1 saturated heterocycles. The predicted molar refractivity (Wildman–Crippen MR) is 98.4 cm³/mol. The van der Waals surface area contributed by atoms with Crippen molar-refractivity contribution < 1.29 is 17.9 Å². The minimum absolute atomic E-state index is 0.0601. The smallest absolute Gasteiger partial charge is 0.338 e. The van der Waals surface area contributed by atoms with Gasteiger partial charge in [-0.3, -0.25) is 0 Å². The monoisotopic (exact) mass is 374 g/mol. The molecule has 0 aromatic heterocycles. The van der Waals surface area contributed by atoms with Crippen LogP contribution in [0, 0.1) is 6.92 Å². The van der Waals surface area contributed by atoms with Gasteiger partial charge < -0.3 is 10.5 Å². The van der Waals surface area contributed by atoms with Crippen LogP contribution in [0.2, 0.25) is 0 Å². The van der Waals surface area contributed by atoms with Gasteiger partial charge in [-0.05, 0) is 30.2 Å². The van der Waals surface area contributed by atoms with Gasteiger partial charge in [0.25, 0.3) is 0 Å². The summed E-state index contributed by atoms with van der Waals surface area (Å²) in [6, 6.07) is 14.0. The molecule has 2 aromatic carbocycles. The Morgan fingerprint density at radius 2 is 1.81 bits per heavy atom. The molecule has 1 aliphatic rings. The van der Waals surface area contributed by atoms with Gasteiger partial charge in [-0.15, -0.1) is 0 Å². The van der Waals surface area contributed by atoms with Crippen LogP contribution in [0.1, 0.15) is 27.4 Å². The van der Waals surface area contributed by atoms with Crippen molar-refractivity contribution in [2.75, 3.05) is 20.2 Å². The number of carbonyl (C=O) groups is 1. The number of esters is 1. The summed E-state index contributed by atoms with van der Waals surface area (Å²) in [5, 5.41) is 0. The molecular formula is C19H22N2O4S. The molecule has 2 aromatic rings. The van der Waals surface area contributed by atoms with Crippen molar-refractivity contribution in [2.45, 2.75) is 23.8 Å². The van der Waals surface area contributed by atoms with Crippen LogP contribution in [0.5, 0.6) is 0 Å². The second kappa shape index (κ2) is 7.19. The third kappa shape index (κ3) is 3.25. The number of hydrogen-bond acceptors (Lipinski definition) is 5. The van der Waals surface area contributed by atoms with Crippen LogP contribution >= 0.6 is 0 Å². The quantitative estimate of drug-likeness (QED) is 0.826. The third-order valence-corrected chi connectivity index (χ3v) is 6.84. The number of ether oxygens (including phenoxy) is 1. The summed E-state index contributed by atoms with van der Waals surface area (Å²) in [5.74, 6) is -0.616. The van der Waals surface area contributed by atoms with Gasteiger partial charge in [-0.2, -0.15) is 4.31 Å². The van der Waals surface area contributed by atoms with Crippen molar-refractivity contribution in [3.63, 3.8) is 0 Å². The maximum absolute atomic E-state index is 13.2. The Balaban J connectivity index is 1.94. The topological polar surface area (TPSA) is 89.7 Å². The van der Waals surface area contributed by atoms with Crippen LogP contribution in [-0.2, 0) is 14.8 Å². The standard InChI is InChI=1S/C19H22N2O4S/c1-13-15(19(22)25-2)9-6-10-18(13)26(23,24)21-11-16(17(20)12-21)14-7-4-3-5-8-14/h3-10,16-17H,11-12,20H2,1-2H3/t16-,17+/m0/s1. The van der Waals surface area contributed by atoms with Crippen LogP contribution in [0.3, 0.4) is 0 Å². The normalized spacial score (nSPS) is 20.9. The molecule has 138 valence electrons. The number of benzene rings is 2. The van der Waals surface area contributed by atoms with Crippen molar-refractivity contribution in [2.24, 2.45) is 5.73 Å². The highest BCUT2D eigenvalue weighted by atomic mass is 32.2. The molecule has 1 fully saturated rings. The van der Waals surface area contributed by atoms with E-state index in [1.54, 1.807) is 19.1 Å². The lowest BCUT2D eigenvalue weighted by molar-refractivity contribution is 0.0599. The Hall–Kier alpha value is -2.22. The van der Waals surface area contributed by atoms with Crippen molar-refractivity contribution in [1.29, 1.82) is 0 Å². The molecule has 6 nitrogen and oxygen atoms in total. The predicted octanol–water partition coefficient (Wildman–Crippen LogP) is 1.90. The average Bonchev–Trinajstić information content (AvgIpc) is 3.04. The summed E-state index contributed by atoms with van der Waals surface area (Å²) in [5.41, 5.74) is 7.89. The second-order valence-electron chi connectivity index (χ2n) is 6.42. The lowest BCUT2D eigenvalue weighted by atomic mass is 9.95. The molecule has 0 amide bonds. The molecule has 0 radical (unpaired) electrons. The van der Waals surface area contributed by atoms with Gasteiger partial charge in [0.05, 0.1) is 17.6 Å². The molecule has 0 saturated carbocycles. The van der Waals surface area contributed by atoms with Gasteiger partial charge in [-0.1, -0.05) is 36.4 Å². The number of nitrogens with zero attached hydrogens (tertiary/aromatic N) is 1. The first-order valence-corrected chi connectivity index (χ1v) is 9.79. The van der Waals surface area contributed by atoms with E-state index in [1.165, 1.54) is 17.5 Å². The Morgan fingerprint density at radius 3 is 2.46 bits per heavy atom. The summed E-state index contributed by atoms with van der Waals surface area (Å²) in [6.07, 6.45) is 0. The summed E-state index contributed by atoms with van der Waals surface area (Å²) in [6.45, 7) is 2.17. The molecular weight excluding hydrogens is 352 g/mol. The van der Waals surface area contributed by atoms with Gasteiger partial charge >= 0.3 is 5.97 Å². The van der Waals surface area contributed by atoms with E-state index in [-0.39, 0.29) is 29.0 Å². The van der Waals surface area contributed by atoms with Gasteiger partial charge in [0.2, 0.25) is 10.0 Å². The van der Waals surface area contributed by atoms with E-state index in [0.717, 1.165) is 5.56 Å². The van der Waals surface area contributed by atoms with Crippen LogP contribution in [-0.4, -0.2) is 44.9 Å². The van der Waals surface area contributed by atoms with E-state index in [1.807, 2.05) is 30.3 Å². The number of hydrogen-bond donors (Lipinski definition) is 1. The highest BCUT2D eigenvalue weighted by molar-refractivity contribution is 7.89. The second-order valence-corrected chi connectivity index (χ2v) is 8.33. The zero-order chi connectivity index (χ0) is 18.9. The molecule has 2 N–H and O–H groups in total. The zero-order valence-electron chi connectivity index (χ0n) is 14.8. The Bertz CT molecular complexity index is 912. The van der Waals surface area contributed by atoms with Crippen molar-refractivity contribution in [1.82, 2.24) is 4.31 Å². The molecule has 0 unspecified atom stereocenters. The summed E-state index contributed by atoms with van der Waals surface area (Å²) in [4.78, 5) is 12.0. The van der Waals surface area contributed by atoms with E-state index in [9.17, 15) is 13.2 Å². The molecule has 0 aliphatic carbocycles. The first-order chi connectivity index (χ1) is 12.4. The highest BCUT2D eigenvalue weighted by Gasteiger charge is 2.39. The maximum Gasteiger partial charge on any atom is 0.338 e. The molecule has 0 spiro atoms. The SMILES string of the molecule is COC(=O)c1cccc(S(=O)(=O)N2C[C@@H](N)[C@H](c3ccccc3)C2)c1C. The highest BCUT2D eigenvalue weighted by Crippen LogP contribution is 2.32. The van der Waals surface area contributed by atoms with Gasteiger partial charge in [0.15, 0.2) is 0 Å². The Labute approximate surface area is 153 Å². The largest absolute Gasteiger partial charge is 0.465 e. The lowest BCUT2D eigenvalue weighted by Gasteiger charge is -2.19. The summed E-state index contributed by atoms with van der Waals surface area (Å²) < 4.78 is 32.5. The molecule has 7 heteroatoms. The van der Waals surface area contributed by atoms with Gasteiger partial charge in [0, 0.05) is 25.0 Å². The molecule has 26 heavy (non-hydrogen) atoms. The fourth-order valence-electron chi connectivity index (χ4n) is 3.40. The van der Waals surface area contributed by atoms with Crippen molar-refractivity contribution >= 4 is 16.0 Å². The minimum Gasteiger partial charge on any atom is -0.465 e. The fraction of sp³-hybridized carbons (Fsp3) is 0.316. The molecule has 2 atom stereocenters. The van der Waals surface area contributed by atoms with E-state index in [0.29, 0.717) is 12.1 Å². The number of methoxy groups -OCH3 is 1. The third-order valence-electron chi connectivity index (χ3n) is 4.87. The van der Waals surface area contributed by atoms with Crippen molar-refractivity contribution in [3.05, 3.63) is 65.2 Å². The molecule has 1 heterocycles. The van der Waals surface area contributed by atoms with Gasteiger partial charge in [0.1, 0.15) is 0 Å². The minimum atomic E-state index is -3.76. The first-order valence-electron chi connectivity index (χ1n) is 8.35. The fourth-order valence-corrected chi connectivity index (χ4v) is 5.16. The summed E-state index contributed by atoms with van der Waals surface area (Å²) >= 11 is 0.